The second kappa shape index (κ2) is 6.35. The Morgan fingerprint density at radius 1 is 0.607 bits per heavy atom. The molecular weight excluding hydrogens is 348 g/mol. The summed E-state index contributed by atoms with van der Waals surface area (Å²) < 4.78 is 0. The van der Waals surface area contributed by atoms with Gasteiger partial charge in [-0.2, -0.15) is 0 Å². The molecule has 0 aliphatic carbocycles. The third-order valence-corrected chi connectivity index (χ3v) is 5.10. The van der Waals surface area contributed by atoms with Crippen molar-refractivity contribution in [2.24, 2.45) is 0 Å². The molecule has 0 aromatic heterocycles. The van der Waals surface area contributed by atoms with Gasteiger partial charge in [-0.25, -0.2) is 0 Å². The molecule has 1 aliphatic rings. The minimum absolute atomic E-state index is 0.0903. The van der Waals surface area contributed by atoms with Crippen molar-refractivity contribution in [3.63, 3.8) is 0 Å². The number of hydrogen-bond donors (Lipinski definition) is 0. The topological polar surface area (TPSA) is 46.4 Å². The summed E-state index contributed by atoms with van der Waals surface area (Å²) in [5.74, 6) is 0. The summed E-state index contributed by atoms with van der Waals surface area (Å²) in [6, 6.07) is 31.5. The summed E-state index contributed by atoms with van der Waals surface area (Å²) in [7, 11) is 0. The highest BCUT2D eigenvalue weighted by molar-refractivity contribution is 6.02. The van der Waals surface area contributed by atoms with Gasteiger partial charge >= 0.3 is 0 Å². The molecule has 0 bridgehead atoms. The smallest absolute Gasteiger partial charge is 0.270 e. The molecule has 0 saturated heterocycles. The molecule has 0 spiro atoms. The van der Waals surface area contributed by atoms with E-state index in [2.05, 4.69) is 35.2 Å². The van der Waals surface area contributed by atoms with Crippen molar-refractivity contribution in [1.29, 1.82) is 0 Å². The van der Waals surface area contributed by atoms with Crippen LogP contribution in [0.3, 0.4) is 0 Å². The number of non-ortho nitro benzene ring substituents is 1. The van der Waals surface area contributed by atoms with Gasteiger partial charge in [0, 0.05) is 28.9 Å². The molecule has 4 heteroatoms. The molecule has 0 atom stereocenters. The van der Waals surface area contributed by atoms with E-state index in [1.807, 2.05) is 54.6 Å². The number of rotatable bonds is 2. The molecule has 4 nitrogen and oxygen atoms in total. The van der Waals surface area contributed by atoms with Crippen molar-refractivity contribution in [2.45, 2.75) is 0 Å². The summed E-state index contributed by atoms with van der Waals surface area (Å²) in [5.41, 5.74) is 7.09. The minimum Gasteiger partial charge on any atom is -0.309 e. The van der Waals surface area contributed by atoms with Crippen LogP contribution in [0.4, 0.5) is 22.7 Å². The first-order valence-electron chi connectivity index (χ1n) is 9.06. The van der Waals surface area contributed by atoms with Crippen LogP contribution >= 0.6 is 0 Å². The molecule has 1 heterocycles. The quantitative estimate of drug-likeness (QED) is 0.258. The van der Waals surface area contributed by atoms with Gasteiger partial charge in [-0.3, -0.25) is 10.1 Å². The lowest BCUT2D eigenvalue weighted by atomic mass is 9.94. The van der Waals surface area contributed by atoms with E-state index in [1.54, 1.807) is 12.1 Å². The van der Waals surface area contributed by atoms with Gasteiger partial charge in [-0.15, -0.1) is 0 Å². The minimum atomic E-state index is -0.339. The molecule has 0 unspecified atom stereocenters. The zero-order valence-electron chi connectivity index (χ0n) is 14.9. The van der Waals surface area contributed by atoms with Crippen LogP contribution in [-0.2, 0) is 0 Å². The SMILES string of the molecule is O=[N+]([O-])c1ccc2c(c1)-c1ccccc1-c1ccccc1N2c1ccccc1. The van der Waals surface area contributed by atoms with E-state index in [0.717, 1.165) is 39.3 Å². The van der Waals surface area contributed by atoms with Crippen LogP contribution < -0.4 is 4.90 Å². The number of nitro benzene ring substituents is 1. The third-order valence-electron chi connectivity index (χ3n) is 5.10. The molecule has 1 aliphatic heterocycles. The van der Waals surface area contributed by atoms with Crippen molar-refractivity contribution < 1.29 is 4.92 Å². The Balaban J connectivity index is 1.91. The maximum Gasteiger partial charge on any atom is 0.270 e. The van der Waals surface area contributed by atoms with Crippen LogP contribution in [0.5, 0.6) is 0 Å². The predicted molar refractivity (Wildman–Crippen MR) is 112 cm³/mol. The lowest BCUT2D eigenvalue weighted by molar-refractivity contribution is -0.384. The van der Waals surface area contributed by atoms with Crippen molar-refractivity contribution in [1.82, 2.24) is 0 Å². The predicted octanol–water partition coefficient (Wildman–Crippen LogP) is 6.71. The summed E-state index contributed by atoms with van der Waals surface area (Å²) in [6.45, 7) is 0. The second-order valence-electron chi connectivity index (χ2n) is 6.69. The molecule has 28 heavy (non-hydrogen) atoms. The number of nitrogens with zero attached hydrogens (tertiary/aromatic N) is 2. The lowest BCUT2D eigenvalue weighted by Crippen LogP contribution is -2.10. The van der Waals surface area contributed by atoms with Gasteiger partial charge in [0.1, 0.15) is 0 Å². The highest BCUT2D eigenvalue weighted by Gasteiger charge is 2.26. The van der Waals surface area contributed by atoms with Gasteiger partial charge in [0.25, 0.3) is 5.69 Å². The fourth-order valence-corrected chi connectivity index (χ4v) is 3.88. The van der Waals surface area contributed by atoms with Gasteiger partial charge in [-0.1, -0.05) is 60.7 Å². The van der Waals surface area contributed by atoms with Crippen molar-refractivity contribution in [3.05, 3.63) is 107 Å². The molecule has 0 fully saturated rings. The van der Waals surface area contributed by atoms with E-state index in [9.17, 15) is 10.1 Å². The van der Waals surface area contributed by atoms with E-state index in [1.165, 1.54) is 0 Å². The molecule has 0 radical (unpaired) electrons. The normalized spacial score (nSPS) is 11.8. The molecule has 0 saturated carbocycles. The fraction of sp³-hybridized carbons (Fsp3) is 0. The first-order valence-corrected chi connectivity index (χ1v) is 9.06. The van der Waals surface area contributed by atoms with E-state index < -0.39 is 0 Å². The monoisotopic (exact) mass is 364 g/mol. The van der Waals surface area contributed by atoms with Gasteiger partial charge in [0.2, 0.25) is 0 Å². The number of anilines is 3. The zero-order valence-corrected chi connectivity index (χ0v) is 14.9. The summed E-state index contributed by atoms with van der Waals surface area (Å²) in [6.07, 6.45) is 0. The van der Waals surface area contributed by atoms with Crippen LogP contribution in [0.1, 0.15) is 0 Å². The first-order chi connectivity index (χ1) is 13.7. The fourth-order valence-electron chi connectivity index (χ4n) is 3.88. The van der Waals surface area contributed by atoms with E-state index >= 15 is 0 Å². The highest BCUT2D eigenvalue weighted by Crippen LogP contribution is 2.51. The Morgan fingerprint density at radius 3 is 1.89 bits per heavy atom. The molecule has 0 N–H and O–H groups in total. The van der Waals surface area contributed by atoms with E-state index in [4.69, 9.17) is 0 Å². The maximum atomic E-state index is 11.4. The van der Waals surface area contributed by atoms with Gasteiger partial charge < -0.3 is 4.90 Å². The number of nitro groups is 1. The maximum absolute atomic E-state index is 11.4. The standard InChI is InChI=1S/C24H16N2O2/c27-26(28)18-14-15-24-22(16-18)20-11-5-4-10-19(20)21-12-6-7-13-23(21)25(24)17-8-2-1-3-9-17/h1-16H. The van der Waals surface area contributed by atoms with Crippen molar-refractivity contribution in [2.75, 3.05) is 4.90 Å². The average molecular weight is 364 g/mol. The molecule has 0 amide bonds. The summed E-state index contributed by atoms with van der Waals surface area (Å²) in [5, 5.41) is 11.4. The van der Waals surface area contributed by atoms with Crippen molar-refractivity contribution in [3.8, 4) is 22.3 Å². The highest BCUT2D eigenvalue weighted by atomic mass is 16.6. The lowest BCUT2D eigenvalue weighted by Gasteiger charge is -2.27. The Bertz CT molecular complexity index is 1200. The number of hydrogen-bond acceptors (Lipinski definition) is 3. The van der Waals surface area contributed by atoms with Crippen LogP contribution in [-0.4, -0.2) is 4.92 Å². The number of benzene rings is 4. The molecule has 4 aromatic carbocycles. The summed E-state index contributed by atoms with van der Waals surface area (Å²) >= 11 is 0. The Morgan fingerprint density at radius 2 is 1.18 bits per heavy atom. The van der Waals surface area contributed by atoms with E-state index in [-0.39, 0.29) is 10.6 Å². The molecule has 134 valence electrons. The van der Waals surface area contributed by atoms with Crippen molar-refractivity contribution >= 4 is 22.7 Å². The number of para-hydroxylation sites is 2. The average Bonchev–Trinajstić information content (AvgIpc) is 2.87. The van der Waals surface area contributed by atoms with Gasteiger partial charge in [-0.05, 0) is 35.4 Å². The third kappa shape index (κ3) is 2.47. The number of fused-ring (bicyclic) bond motifs is 5. The zero-order chi connectivity index (χ0) is 19.1. The second-order valence-corrected chi connectivity index (χ2v) is 6.69. The van der Waals surface area contributed by atoms with Gasteiger partial charge in [0.05, 0.1) is 16.3 Å². The van der Waals surface area contributed by atoms with Crippen LogP contribution in [0, 0.1) is 10.1 Å². The Hall–Kier alpha value is -3.92. The van der Waals surface area contributed by atoms with Gasteiger partial charge in [0.15, 0.2) is 0 Å². The van der Waals surface area contributed by atoms with Crippen LogP contribution in [0.25, 0.3) is 22.3 Å². The Kier molecular flexibility index (Phi) is 3.69. The summed E-state index contributed by atoms with van der Waals surface area (Å²) in [4.78, 5) is 13.3. The van der Waals surface area contributed by atoms with Crippen LogP contribution in [0.15, 0.2) is 97.1 Å². The Labute approximate surface area is 162 Å². The molecular formula is C24H16N2O2. The van der Waals surface area contributed by atoms with Crippen LogP contribution in [0.2, 0.25) is 0 Å². The van der Waals surface area contributed by atoms with E-state index in [0.29, 0.717) is 0 Å². The molecule has 5 rings (SSSR count). The first kappa shape index (κ1) is 16.3. The largest absolute Gasteiger partial charge is 0.309 e. The molecule has 4 aromatic rings.